The predicted molar refractivity (Wildman–Crippen MR) is 78.5 cm³/mol. The Balaban J connectivity index is 2.27. The SMILES string of the molecule is CC(C)(C)OC(=O)n1ncc2cc(C[C@@H](N)C(=O)O)cnc21. The van der Waals surface area contributed by atoms with Crippen LogP contribution in [0.2, 0.25) is 0 Å². The third-order valence-corrected chi connectivity index (χ3v) is 2.80. The van der Waals surface area contributed by atoms with Crippen LogP contribution in [0.15, 0.2) is 18.5 Å². The molecule has 2 rings (SSSR count). The molecule has 0 aliphatic rings. The molecule has 2 heterocycles. The van der Waals surface area contributed by atoms with Crippen LogP contribution in [0.1, 0.15) is 26.3 Å². The van der Waals surface area contributed by atoms with Crippen LogP contribution < -0.4 is 5.73 Å². The summed E-state index contributed by atoms with van der Waals surface area (Å²) in [6, 6.07) is 0.707. The van der Waals surface area contributed by atoms with Crippen LogP contribution >= 0.6 is 0 Å². The smallest absolute Gasteiger partial charge is 0.437 e. The van der Waals surface area contributed by atoms with Gasteiger partial charge in [-0.2, -0.15) is 5.10 Å². The third kappa shape index (κ3) is 3.59. The van der Waals surface area contributed by atoms with Crippen LogP contribution in [-0.2, 0) is 16.0 Å². The van der Waals surface area contributed by atoms with Crippen LogP contribution in [0.25, 0.3) is 11.0 Å². The fourth-order valence-corrected chi connectivity index (χ4v) is 1.86. The number of nitrogens with zero attached hydrogens (tertiary/aromatic N) is 3. The van der Waals surface area contributed by atoms with Gasteiger partial charge in [-0.15, -0.1) is 4.68 Å². The van der Waals surface area contributed by atoms with E-state index in [1.807, 2.05) is 0 Å². The molecule has 8 nitrogen and oxygen atoms in total. The standard InChI is InChI=1S/C14H18N4O4/c1-14(2,3)22-13(21)18-11-9(7-17-18)4-8(6-16-11)5-10(15)12(19)20/h4,6-7,10H,5,15H2,1-3H3,(H,19,20)/t10-/m1/s1. The van der Waals surface area contributed by atoms with Crippen molar-refractivity contribution in [3.63, 3.8) is 0 Å². The summed E-state index contributed by atoms with van der Waals surface area (Å²) in [5.74, 6) is -1.08. The Morgan fingerprint density at radius 1 is 1.41 bits per heavy atom. The van der Waals surface area contributed by atoms with E-state index in [1.54, 1.807) is 26.8 Å². The van der Waals surface area contributed by atoms with E-state index in [4.69, 9.17) is 15.6 Å². The summed E-state index contributed by atoms with van der Waals surface area (Å²) < 4.78 is 6.31. The van der Waals surface area contributed by atoms with Gasteiger partial charge in [-0.3, -0.25) is 4.79 Å². The number of carbonyl (C=O) groups excluding carboxylic acids is 1. The minimum Gasteiger partial charge on any atom is -0.480 e. The molecular formula is C14H18N4O4. The van der Waals surface area contributed by atoms with Crippen molar-refractivity contribution in [2.24, 2.45) is 5.73 Å². The first-order valence-electron chi connectivity index (χ1n) is 6.72. The highest BCUT2D eigenvalue weighted by molar-refractivity contribution is 5.85. The van der Waals surface area contributed by atoms with Gasteiger partial charge < -0.3 is 15.6 Å². The number of rotatable bonds is 3. The predicted octanol–water partition coefficient (Wildman–Crippen LogP) is 1.17. The molecular weight excluding hydrogens is 288 g/mol. The molecule has 0 aliphatic heterocycles. The second kappa shape index (κ2) is 5.72. The molecule has 0 spiro atoms. The Hall–Kier alpha value is -2.48. The monoisotopic (exact) mass is 306 g/mol. The van der Waals surface area contributed by atoms with E-state index < -0.39 is 23.7 Å². The maximum Gasteiger partial charge on any atom is 0.437 e. The van der Waals surface area contributed by atoms with Crippen molar-refractivity contribution in [2.45, 2.75) is 38.8 Å². The third-order valence-electron chi connectivity index (χ3n) is 2.80. The molecule has 0 saturated heterocycles. The maximum atomic E-state index is 12.0. The number of aromatic nitrogens is 3. The number of hydrogen-bond acceptors (Lipinski definition) is 6. The van der Waals surface area contributed by atoms with Crippen molar-refractivity contribution < 1.29 is 19.4 Å². The molecule has 2 aromatic heterocycles. The zero-order valence-corrected chi connectivity index (χ0v) is 12.6. The van der Waals surface area contributed by atoms with Gasteiger partial charge in [0.25, 0.3) is 0 Å². The molecule has 0 aliphatic carbocycles. The molecule has 8 heteroatoms. The summed E-state index contributed by atoms with van der Waals surface area (Å²) in [5.41, 5.74) is 5.87. The van der Waals surface area contributed by atoms with Gasteiger partial charge in [0.2, 0.25) is 0 Å². The molecule has 2 aromatic rings. The lowest BCUT2D eigenvalue weighted by atomic mass is 10.1. The van der Waals surface area contributed by atoms with Crippen LogP contribution in [0, 0.1) is 0 Å². The minimum absolute atomic E-state index is 0.149. The molecule has 118 valence electrons. The fraction of sp³-hybridized carbons (Fsp3) is 0.429. The molecule has 0 fully saturated rings. The summed E-state index contributed by atoms with van der Waals surface area (Å²) in [4.78, 5) is 27.0. The number of carbonyl (C=O) groups is 2. The quantitative estimate of drug-likeness (QED) is 0.873. The van der Waals surface area contributed by atoms with Crippen LogP contribution in [0.5, 0.6) is 0 Å². The summed E-state index contributed by atoms with van der Waals surface area (Å²) in [6.45, 7) is 5.28. The van der Waals surface area contributed by atoms with E-state index in [2.05, 4.69) is 10.1 Å². The molecule has 3 N–H and O–H groups in total. The fourth-order valence-electron chi connectivity index (χ4n) is 1.86. The molecule has 0 saturated carbocycles. The normalized spacial score (nSPS) is 13.1. The maximum absolute atomic E-state index is 12.0. The summed E-state index contributed by atoms with van der Waals surface area (Å²) in [7, 11) is 0. The van der Waals surface area contributed by atoms with Gasteiger partial charge in [0.1, 0.15) is 11.6 Å². The molecule has 0 radical (unpaired) electrons. The number of carboxylic acid groups (broad SMARTS) is 1. The molecule has 22 heavy (non-hydrogen) atoms. The average molecular weight is 306 g/mol. The topological polar surface area (TPSA) is 120 Å². The summed E-state index contributed by atoms with van der Waals surface area (Å²) in [6.07, 6.45) is 2.48. The van der Waals surface area contributed by atoms with Crippen LogP contribution in [-0.4, -0.2) is 43.6 Å². The lowest BCUT2D eigenvalue weighted by Gasteiger charge is -2.18. The number of hydrogen-bond donors (Lipinski definition) is 2. The Morgan fingerprint density at radius 2 is 2.09 bits per heavy atom. The lowest BCUT2D eigenvalue weighted by Crippen LogP contribution is -2.32. The molecule has 0 unspecified atom stereocenters. The number of ether oxygens (including phenoxy) is 1. The number of carboxylic acids is 1. The highest BCUT2D eigenvalue weighted by Gasteiger charge is 2.21. The Kier molecular flexibility index (Phi) is 4.14. The highest BCUT2D eigenvalue weighted by atomic mass is 16.6. The van der Waals surface area contributed by atoms with Gasteiger partial charge in [0, 0.05) is 11.6 Å². The molecule has 0 aromatic carbocycles. The van der Waals surface area contributed by atoms with E-state index in [-0.39, 0.29) is 6.42 Å². The Bertz CT molecular complexity index is 717. The van der Waals surface area contributed by atoms with Crippen molar-refractivity contribution >= 4 is 23.1 Å². The molecule has 0 bridgehead atoms. The zero-order valence-electron chi connectivity index (χ0n) is 12.6. The van der Waals surface area contributed by atoms with Crippen molar-refractivity contribution in [3.05, 3.63) is 24.0 Å². The number of pyridine rings is 1. The summed E-state index contributed by atoms with van der Waals surface area (Å²) >= 11 is 0. The second-order valence-corrected chi connectivity index (χ2v) is 5.94. The first kappa shape index (κ1) is 15.9. The van der Waals surface area contributed by atoms with Gasteiger partial charge in [-0.05, 0) is 38.8 Å². The van der Waals surface area contributed by atoms with E-state index in [0.717, 1.165) is 4.68 Å². The van der Waals surface area contributed by atoms with E-state index in [0.29, 0.717) is 16.6 Å². The van der Waals surface area contributed by atoms with Gasteiger partial charge in [0.15, 0.2) is 5.65 Å². The number of aliphatic carboxylic acids is 1. The van der Waals surface area contributed by atoms with Crippen molar-refractivity contribution in [1.29, 1.82) is 0 Å². The zero-order chi connectivity index (χ0) is 16.5. The summed E-state index contributed by atoms with van der Waals surface area (Å²) in [5, 5.41) is 13.4. The van der Waals surface area contributed by atoms with E-state index in [1.165, 1.54) is 12.4 Å². The second-order valence-electron chi connectivity index (χ2n) is 5.94. The molecule has 0 amide bonds. The number of fused-ring (bicyclic) bond motifs is 1. The van der Waals surface area contributed by atoms with Crippen molar-refractivity contribution in [1.82, 2.24) is 14.8 Å². The van der Waals surface area contributed by atoms with Crippen molar-refractivity contribution in [2.75, 3.05) is 0 Å². The lowest BCUT2D eigenvalue weighted by molar-refractivity contribution is -0.138. The minimum atomic E-state index is -1.08. The molecule has 1 atom stereocenters. The van der Waals surface area contributed by atoms with Gasteiger partial charge in [0.05, 0.1) is 6.20 Å². The van der Waals surface area contributed by atoms with Crippen LogP contribution in [0.4, 0.5) is 4.79 Å². The Morgan fingerprint density at radius 3 is 2.68 bits per heavy atom. The van der Waals surface area contributed by atoms with Gasteiger partial charge in [-0.25, -0.2) is 9.78 Å². The highest BCUT2D eigenvalue weighted by Crippen LogP contribution is 2.16. The average Bonchev–Trinajstić information content (AvgIpc) is 2.79. The van der Waals surface area contributed by atoms with Gasteiger partial charge in [-0.1, -0.05) is 0 Å². The van der Waals surface area contributed by atoms with E-state index in [9.17, 15) is 9.59 Å². The Labute approximate surface area is 126 Å². The largest absolute Gasteiger partial charge is 0.480 e. The first-order chi connectivity index (χ1) is 10.2. The van der Waals surface area contributed by atoms with Crippen molar-refractivity contribution in [3.8, 4) is 0 Å². The van der Waals surface area contributed by atoms with Crippen LogP contribution in [0.3, 0.4) is 0 Å². The first-order valence-corrected chi connectivity index (χ1v) is 6.72. The number of nitrogens with two attached hydrogens (primary N) is 1. The van der Waals surface area contributed by atoms with Gasteiger partial charge >= 0.3 is 12.1 Å². The van der Waals surface area contributed by atoms with E-state index >= 15 is 0 Å².